The van der Waals surface area contributed by atoms with Crippen molar-refractivity contribution in [2.45, 2.75) is 19.5 Å². The molecule has 5 nitrogen and oxygen atoms in total. The third kappa shape index (κ3) is 5.83. The summed E-state index contributed by atoms with van der Waals surface area (Å²) in [6.07, 6.45) is 0. The lowest BCUT2D eigenvalue weighted by molar-refractivity contribution is -0.136. The van der Waals surface area contributed by atoms with Crippen LogP contribution in [0, 0.1) is 5.82 Å². The maximum absolute atomic E-state index is 13.3. The average molecular weight is 442 g/mol. The third-order valence-corrected chi connectivity index (χ3v) is 5.09. The summed E-state index contributed by atoms with van der Waals surface area (Å²) in [5, 5.41) is 9.61. The van der Waals surface area contributed by atoms with E-state index >= 15 is 0 Å². The molecule has 0 fully saturated rings. The van der Waals surface area contributed by atoms with Crippen LogP contribution in [0.2, 0.25) is 5.02 Å². The molecule has 0 aromatic heterocycles. The van der Waals surface area contributed by atoms with Gasteiger partial charge in [0, 0.05) is 11.6 Å². The minimum atomic E-state index is -1.20. The van der Waals surface area contributed by atoms with Gasteiger partial charge in [-0.2, -0.15) is 0 Å². The fraction of sp³-hybridized carbons (Fsp3) is 0.167. The summed E-state index contributed by atoms with van der Waals surface area (Å²) in [7, 11) is 0. The molecule has 0 aliphatic carbocycles. The molecule has 0 unspecified atom stereocenters. The quantitative estimate of drug-likeness (QED) is 0.512. The lowest BCUT2D eigenvalue weighted by Gasteiger charge is -2.30. The minimum Gasteiger partial charge on any atom is -0.483 e. The molecule has 0 saturated carbocycles. The number of carbonyl (C=O) groups is 2. The van der Waals surface area contributed by atoms with Crippen LogP contribution in [0.1, 0.15) is 34.5 Å². The van der Waals surface area contributed by atoms with Crippen LogP contribution in [0.4, 0.5) is 4.39 Å². The van der Waals surface area contributed by atoms with Crippen molar-refractivity contribution in [3.05, 3.63) is 100 Å². The van der Waals surface area contributed by atoms with Gasteiger partial charge in [0.05, 0.1) is 6.04 Å². The maximum atomic E-state index is 13.3. The van der Waals surface area contributed by atoms with E-state index in [0.717, 1.165) is 11.1 Å². The number of ether oxygens (including phenoxy) is 1. The fourth-order valence-corrected chi connectivity index (χ4v) is 3.33. The van der Waals surface area contributed by atoms with Crippen molar-refractivity contribution in [1.29, 1.82) is 0 Å². The predicted octanol–water partition coefficient (Wildman–Crippen LogP) is 5.35. The number of halogens is 2. The van der Waals surface area contributed by atoms with Gasteiger partial charge >= 0.3 is 5.97 Å². The Morgan fingerprint density at radius 3 is 2.39 bits per heavy atom. The summed E-state index contributed by atoms with van der Waals surface area (Å²) in [6.45, 7) is 1.77. The van der Waals surface area contributed by atoms with Gasteiger partial charge < -0.3 is 14.7 Å². The minimum absolute atomic E-state index is 0.0550. The van der Waals surface area contributed by atoms with Crippen molar-refractivity contribution < 1.29 is 23.8 Å². The van der Waals surface area contributed by atoms with E-state index in [2.05, 4.69) is 0 Å². The van der Waals surface area contributed by atoms with Crippen LogP contribution in [0.5, 0.6) is 5.75 Å². The normalized spacial score (nSPS) is 11.6. The van der Waals surface area contributed by atoms with E-state index in [1.165, 1.54) is 30.3 Å². The van der Waals surface area contributed by atoms with Crippen molar-refractivity contribution in [2.24, 2.45) is 0 Å². The molecule has 3 rings (SSSR count). The van der Waals surface area contributed by atoms with E-state index in [-0.39, 0.29) is 47.3 Å². The van der Waals surface area contributed by atoms with Gasteiger partial charge in [-0.05, 0) is 48.4 Å². The van der Waals surface area contributed by atoms with Gasteiger partial charge in [0.1, 0.15) is 17.1 Å². The fourth-order valence-electron chi connectivity index (χ4n) is 3.16. The Hall–Kier alpha value is -3.38. The zero-order valence-electron chi connectivity index (χ0n) is 16.8. The second-order valence-electron chi connectivity index (χ2n) is 6.97. The number of rotatable bonds is 8. The number of amides is 1. The second-order valence-corrected chi connectivity index (χ2v) is 7.41. The highest BCUT2D eigenvalue weighted by atomic mass is 35.5. The summed E-state index contributed by atoms with van der Waals surface area (Å²) in [5.74, 6) is -1.85. The number of carbonyl (C=O) groups excluding carboxylic acids is 1. The molecule has 0 bridgehead atoms. The van der Waals surface area contributed by atoms with E-state index in [9.17, 15) is 19.1 Å². The average Bonchev–Trinajstić information content (AvgIpc) is 2.77. The maximum Gasteiger partial charge on any atom is 0.339 e. The molecular formula is C24H21ClFNO4. The van der Waals surface area contributed by atoms with E-state index < -0.39 is 5.97 Å². The van der Waals surface area contributed by atoms with Crippen LogP contribution in [-0.4, -0.2) is 28.5 Å². The molecule has 7 heteroatoms. The van der Waals surface area contributed by atoms with E-state index in [1.807, 2.05) is 37.3 Å². The number of aromatic carboxylic acids is 1. The van der Waals surface area contributed by atoms with Crippen LogP contribution in [-0.2, 0) is 11.3 Å². The molecule has 0 radical (unpaired) electrons. The Morgan fingerprint density at radius 1 is 1.06 bits per heavy atom. The van der Waals surface area contributed by atoms with Crippen molar-refractivity contribution in [1.82, 2.24) is 4.90 Å². The number of hydrogen-bond acceptors (Lipinski definition) is 3. The zero-order chi connectivity index (χ0) is 22.4. The van der Waals surface area contributed by atoms with Gasteiger partial charge in [-0.15, -0.1) is 0 Å². The zero-order valence-corrected chi connectivity index (χ0v) is 17.6. The first-order valence-corrected chi connectivity index (χ1v) is 9.97. The number of carboxylic acids is 1. The monoisotopic (exact) mass is 441 g/mol. The molecule has 0 aliphatic rings. The summed E-state index contributed by atoms with van der Waals surface area (Å²) < 4.78 is 18.8. The first-order valence-electron chi connectivity index (χ1n) is 9.59. The third-order valence-electron chi connectivity index (χ3n) is 4.86. The van der Waals surface area contributed by atoms with Crippen molar-refractivity contribution in [3.63, 3.8) is 0 Å². The molecule has 1 N–H and O–H groups in total. The molecule has 0 saturated heterocycles. The van der Waals surface area contributed by atoms with Crippen LogP contribution in [0.3, 0.4) is 0 Å². The van der Waals surface area contributed by atoms with Crippen molar-refractivity contribution >= 4 is 23.5 Å². The van der Waals surface area contributed by atoms with Gasteiger partial charge in [0.25, 0.3) is 5.91 Å². The van der Waals surface area contributed by atoms with Crippen molar-refractivity contribution in [2.75, 3.05) is 6.61 Å². The molecule has 1 atom stereocenters. The summed E-state index contributed by atoms with van der Waals surface area (Å²) in [4.78, 5) is 26.2. The number of benzene rings is 3. The molecule has 0 heterocycles. The SMILES string of the molecule is C[C@@H](c1ccccc1)N(Cc1ccc(F)cc1)C(=O)COc1ccc(Cl)cc1C(=O)O. The molecule has 0 aliphatic heterocycles. The predicted molar refractivity (Wildman–Crippen MR) is 116 cm³/mol. The Labute approximate surface area is 184 Å². The van der Waals surface area contributed by atoms with Crippen LogP contribution < -0.4 is 4.74 Å². The van der Waals surface area contributed by atoms with Gasteiger partial charge in [-0.3, -0.25) is 4.79 Å². The molecule has 3 aromatic rings. The highest BCUT2D eigenvalue weighted by molar-refractivity contribution is 6.31. The molecule has 1 amide bonds. The smallest absolute Gasteiger partial charge is 0.339 e. The summed E-state index contributed by atoms with van der Waals surface area (Å²) in [6, 6.07) is 19.3. The first-order chi connectivity index (χ1) is 14.8. The van der Waals surface area contributed by atoms with E-state index in [1.54, 1.807) is 17.0 Å². The van der Waals surface area contributed by atoms with Gasteiger partial charge in [0.15, 0.2) is 6.61 Å². The van der Waals surface area contributed by atoms with Crippen LogP contribution in [0.15, 0.2) is 72.8 Å². The molecule has 31 heavy (non-hydrogen) atoms. The van der Waals surface area contributed by atoms with Gasteiger partial charge in [-0.1, -0.05) is 54.1 Å². The number of carboxylic acid groups (broad SMARTS) is 1. The molecule has 0 spiro atoms. The van der Waals surface area contributed by atoms with E-state index in [4.69, 9.17) is 16.3 Å². The highest BCUT2D eigenvalue weighted by Gasteiger charge is 2.23. The largest absolute Gasteiger partial charge is 0.483 e. The molecule has 3 aromatic carbocycles. The summed E-state index contributed by atoms with van der Waals surface area (Å²) >= 11 is 5.86. The second kappa shape index (κ2) is 10.1. The van der Waals surface area contributed by atoms with Gasteiger partial charge in [0.2, 0.25) is 0 Å². The Bertz CT molecular complexity index is 1060. The first kappa shape index (κ1) is 22.3. The lowest BCUT2D eigenvalue weighted by atomic mass is 10.1. The van der Waals surface area contributed by atoms with E-state index in [0.29, 0.717) is 0 Å². The van der Waals surface area contributed by atoms with Gasteiger partial charge in [-0.25, -0.2) is 9.18 Å². The standard InChI is InChI=1S/C24H21ClFNO4/c1-16(18-5-3-2-4-6-18)27(14-17-7-10-20(26)11-8-17)23(28)15-31-22-12-9-19(25)13-21(22)24(29)30/h2-13,16H,14-15H2,1H3,(H,29,30)/t16-/m0/s1. The lowest BCUT2D eigenvalue weighted by Crippen LogP contribution is -2.36. The Balaban J connectivity index is 1.82. The highest BCUT2D eigenvalue weighted by Crippen LogP contribution is 2.25. The Kier molecular flexibility index (Phi) is 7.26. The van der Waals surface area contributed by atoms with Crippen LogP contribution >= 0.6 is 11.6 Å². The topological polar surface area (TPSA) is 66.8 Å². The molecular weight excluding hydrogens is 421 g/mol. The van der Waals surface area contributed by atoms with Crippen molar-refractivity contribution in [3.8, 4) is 5.75 Å². The Morgan fingerprint density at radius 2 is 1.74 bits per heavy atom. The summed E-state index contributed by atoms with van der Waals surface area (Å²) in [5.41, 5.74) is 1.56. The molecule has 160 valence electrons. The van der Waals surface area contributed by atoms with Crippen LogP contribution in [0.25, 0.3) is 0 Å². The number of hydrogen-bond donors (Lipinski definition) is 1. The number of nitrogens with zero attached hydrogens (tertiary/aromatic N) is 1.